The number of furan rings is 1. The fourth-order valence-corrected chi connectivity index (χ4v) is 3.59. The molecular formula is C21H24N2O6. The molecule has 0 radical (unpaired) electrons. The fourth-order valence-electron chi connectivity index (χ4n) is 3.59. The molecule has 0 aliphatic heterocycles. The van der Waals surface area contributed by atoms with Crippen molar-refractivity contribution in [1.29, 1.82) is 0 Å². The first kappa shape index (κ1) is 20.6. The number of carbonyl (C=O) groups excluding carboxylic acids is 2. The van der Waals surface area contributed by atoms with Crippen LogP contribution in [0.3, 0.4) is 0 Å². The van der Waals surface area contributed by atoms with Crippen molar-refractivity contribution in [1.82, 2.24) is 5.32 Å². The van der Waals surface area contributed by atoms with E-state index in [1.165, 1.54) is 30.3 Å². The predicted molar refractivity (Wildman–Crippen MR) is 105 cm³/mol. The van der Waals surface area contributed by atoms with Gasteiger partial charge in [-0.1, -0.05) is 26.7 Å². The van der Waals surface area contributed by atoms with Gasteiger partial charge in [0.1, 0.15) is 5.76 Å². The van der Waals surface area contributed by atoms with Gasteiger partial charge in [-0.15, -0.1) is 0 Å². The third-order valence-corrected chi connectivity index (χ3v) is 5.56. The summed E-state index contributed by atoms with van der Waals surface area (Å²) in [6.45, 7) is 3.94. The van der Waals surface area contributed by atoms with Crippen LogP contribution in [0, 0.1) is 22.0 Å². The molecule has 1 amide bonds. The molecule has 3 rings (SSSR count). The van der Waals surface area contributed by atoms with E-state index in [-0.39, 0.29) is 30.0 Å². The summed E-state index contributed by atoms with van der Waals surface area (Å²) in [5.41, 5.74) is 0.556. The van der Waals surface area contributed by atoms with Gasteiger partial charge in [0.25, 0.3) is 11.6 Å². The molecule has 154 valence electrons. The van der Waals surface area contributed by atoms with Crippen molar-refractivity contribution in [3.8, 4) is 11.3 Å². The molecule has 29 heavy (non-hydrogen) atoms. The van der Waals surface area contributed by atoms with E-state index in [9.17, 15) is 19.7 Å². The Bertz CT molecular complexity index is 889. The van der Waals surface area contributed by atoms with Crippen LogP contribution in [0.1, 0.15) is 43.7 Å². The molecule has 1 saturated carbocycles. The van der Waals surface area contributed by atoms with Gasteiger partial charge in [0.05, 0.1) is 4.92 Å². The summed E-state index contributed by atoms with van der Waals surface area (Å²) in [6.07, 6.45) is 3.17. The van der Waals surface area contributed by atoms with Crippen LogP contribution in [0.4, 0.5) is 5.69 Å². The van der Waals surface area contributed by atoms with Gasteiger partial charge in [-0.2, -0.15) is 0 Å². The van der Waals surface area contributed by atoms with Gasteiger partial charge in [-0.05, 0) is 42.5 Å². The first-order valence-electron chi connectivity index (χ1n) is 9.66. The summed E-state index contributed by atoms with van der Waals surface area (Å²) < 4.78 is 10.5. The second-order valence-electron chi connectivity index (χ2n) is 7.49. The maximum absolute atomic E-state index is 12.2. The number of hydrogen-bond donors (Lipinski definition) is 1. The van der Waals surface area contributed by atoms with E-state index >= 15 is 0 Å². The lowest BCUT2D eigenvalue weighted by atomic mass is 9.78. The van der Waals surface area contributed by atoms with Crippen LogP contribution in [0.15, 0.2) is 40.8 Å². The van der Waals surface area contributed by atoms with E-state index in [2.05, 4.69) is 19.2 Å². The molecule has 2 aromatic rings. The minimum Gasteiger partial charge on any atom is -0.450 e. The summed E-state index contributed by atoms with van der Waals surface area (Å²) in [4.78, 5) is 34.5. The van der Waals surface area contributed by atoms with Crippen molar-refractivity contribution in [2.75, 3.05) is 6.61 Å². The largest absolute Gasteiger partial charge is 0.450 e. The molecule has 1 aliphatic carbocycles. The van der Waals surface area contributed by atoms with Crippen LogP contribution >= 0.6 is 0 Å². The predicted octanol–water partition coefficient (Wildman–Crippen LogP) is 3.95. The number of amides is 1. The maximum Gasteiger partial charge on any atom is 0.374 e. The Kier molecular flexibility index (Phi) is 6.31. The van der Waals surface area contributed by atoms with Crippen molar-refractivity contribution in [3.63, 3.8) is 0 Å². The molecule has 3 atom stereocenters. The first-order valence-corrected chi connectivity index (χ1v) is 9.66. The van der Waals surface area contributed by atoms with E-state index in [0.717, 1.165) is 19.3 Å². The topological polar surface area (TPSA) is 112 Å². The lowest BCUT2D eigenvalue weighted by Crippen LogP contribution is -2.45. The van der Waals surface area contributed by atoms with Gasteiger partial charge in [-0.25, -0.2) is 4.79 Å². The van der Waals surface area contributed by atoms with Gasteiger partial charge in [-0.3, -0.25) is 14.9 Å². The minimum absolute atomic E-state index is 0.0346. The highest BCUT2D eigenvalue weighted by Crippen LogP contribution is 2.29. The zero-order valence-electron chi connectivity index (χ0n) is 16.4. The molecule has 1 aliphatic rings. The number of nitro groups is 1. The van der Waals surface area contributed by atoms with Crippen LogP contribution in [0.5, 0.6) is 0 Å². The van der Waals surface area contributed by atoms with Crippen LogP contribution in [-0.2, 0) is 9.53 Å². The molecule has 1 heterocycles. The molecule has 1 aromatic heterocycles. The van der Waals surface area contributed by atoms with E-state index in [4.69, 9.17) is 9.15 Å². The highest BCUT2D eigenvalue weighted by Gasteiger charge is 2.28. The van der Waals surface area contributed by atoms with E-state index in [0.29, 0.717) is 23.2 Å². The Hall–Kier alpha value is -3.16. The fraction of sp³-hybridized carbons (Fsp3) is 0.429. The van der Waals surface area contributed by atoms with Gasteiger partial charge in [0.15, 0.2) is 6.61 Å². The number of rotatable bonds is 6. The van der Waals surface area contributed by atoms with Gasteiger partial charge in [0, 0.05) is 23.7 Å². The number of nitrogens with one attached hydrogen (secondary N) is 1. The smallest absolute Gasteiger partial charge is 0.374 e. The molecule has 8 heteroatoms. The highest BCUT2D eigenvalue weighted by atomic mass is 16.6. The Morgan fingerprint density at radius 3 is 2.59 bits per heavy atom. The number of non-ortho nitro benzene ring substituents is 1. The molecule has 0 spiro atoms. The zero-order chi connectivity index (χ0) is 21.0. The highest BCUT2D eigenvalue weighted by molar-refractivity contribution is 5.89. The summed E-state index contributed by atoms with van der Waals surface area (Å²) in [5, 5.41) is 13.7. The van der Waals surface area contributed by atoms with E-state index < -0.39 is 10.9 Å². The monoisotopic (exact) mass is 400 g/mol. The molecule has 3 unspecified atom stereocenters. The Morgan fingerprint density at radius 1 is 1.17 bits per heavy atom. The number of nitrogens with zero attached hydrogens (tertiary/aromatic N) is 1. The summed E-state index contributed by atoms with van der Waals surface area (Å²) in [6, 6.07) is 8.89. The molecule has 0 saturated heterocycles. The van der Waals surface area contributed by atoms with E-state index in [1.807, 2.05) is 0 Å². The molecule has 1 fully saturated rings. The van der Waals surface area contributed by atoms with Crippen molar-refractivity contribution < 1.29 is 23.7 Å². The minimum atomic E-state index is -0.738. The molecular weight excluding hydrogens is 376 g/mol. The second-order valence-corrected chi connectivity index (χ2v) is 7.49. The number of ether oxygens (including phenoxy) is 1. The SMILES string of the molecule is CC1CCCC(NC(=O)COC(=O)c2ccc(-c3ccc([N+](=O)[O-])cc3)o2)C1C. The average Bonchev–Trinajstić information content (AvgIpc) is 3.20. The summed E-state index contributed by atoms with van der Waals surface area (Å²) in [5.74, 6) is 0.215. The number of benzene rings is 1. The van der Waals surface area contributed by atoms with Crippen LogP contribution in [0.25, 0.3) is 11.3 Å². The van der Waals surface area contributed by atoms with Gasteiger partial charge >= 0.3 is 5.97 Å². The summed E-state index contributed by atoms with van der Waals surface area (Å²) >= 11 is 0. The molecule has 8 nitrogen and oxygen atoms in total. The van der Waals surface area contributed by atoms with Gasteiger partial charge < -0.3 is 14.5 Å². The van der Waals surface area contributed by atoms with Crippen LogP contribution in [0.2, 0.25) is 0 Å². The Balaban J connectivity index is 1.53. The average molecular weight is 400 g/mol. The number of hydrogen-bond acceptors (Lipinski definition) is 6. The lowest BCUT2D eigenvalue weighted by Gasteiger charge is -2.34. The molecule has 0 bridgehead atoms. The first-order chi connectivity index (χ1) is 13.8. The third-order valence-electron chi connectivity index (χ3n) is 5.56. The normalized spacial score (nSPS) is 21.4. The number of carbonyl (C=O) groups is 2. The van der Waals surface area contributed by atoms with E-state index in [1.54, 1.807) is 6.07 Å². The second kappa shape index (κ2) is 8.89. The van der Waals surface area contributed by atoms with Gasteiger partial charge in [0.2, 0.25) is 5.76 Å². The Morgan fingerprint density at radius 2 is 1.90 bits per heavy atom. The quantitative estimate of drug-likeness (QED) is 0.446. The standard InChI is InChI=1S/C21H24N2O6/c1-13-4-3-5-17(14(13)2)22-20(24)12-28-21(25)19-11-10-18(29-19)15-6-8-16(9-7-15)23(26)27/h6-11,13-14,17H,3-5,12H2,1-2H3,(H,22,24). The number of nitro benzene ring substituents is 1. The Labute approximate surface area is 168 Å². The molecule has 1 N–H and O–H groups in total. The summed E-state index contributed by atoms with van der Waals surface area (Å²) in [7, 11) is 0. The third kappa shape index (κ3) is 5.01. The maximum atomic E-state index is 12.2. The zero-order valence-corrected chi connectivity index (χ0v) is 16.4. The van der Waals surface area contributed by atoms with Crippen molar-refractivity contribution in [2.45, 2.75) is 39.2 Å². The van der Waals surface area contributed by atoms with Crippen molar-refractivity contribution in [3.05, 3.63) is 52.3 Å². The van der Waals surface area contributed by atoms with Crippen LogP contribution in [-0.4, -0.2) is 29.4 Å². The number of esters is 1. The van der Waals surface area contributed by atoms with Crippen LogP contribution < -0.4 is 5.32 Å². The molecule has 1 aromatic carbocycles. The van der Waals surface area contributed by atoms with Crippen molar-refractivity contribution >= 4 is 17.6 Å². The van der Waals surface area contributed by atoms with Crippen molar-refractivity contribution in [2.24, 2.45) is 11.8 Å². The lowest BCUT2D eigenvalue weighted by molar-refractivity contribution is -0.384.